The second kappa shape index (κ2) is 18.8. The molecule has 0 aliphatic heterocycles. The van der Waals surface area contributed by atoms with Gasteiger partial charge < -0.3 is 24.9 Å². The molecular weight excluding hydrogens is 520 g/mol. The number of esters is 2. The fourth-order valence-corrected chi connectivity index (χ4v) is 1.31. The van der Waals surface area contributed by atoms with Crippen LogP contribution in [-0.2, 0) is 52.7 Å². The summed E-state index contributed by atoms with van der Waals surface area (Å²) in [6, 6.07) is 1.80. The van der Waals surface area contributed by atoms with Crippen molar-refractivity contribution in [1.82, 2.24) is 0 Å². The molecule has 0 radical (unpaired) electrons. The van der Waals surface area contributed by atoms with Gasteiger partial charge in [-0.25, -0.2) is 9.59 Å². The van der Waals surface area contributed by atoms with Crippen LogP contribution < -0.4 is 5.73 Å². The van der Waals surface area contributed by atoms with E-state index in [1.165, 1.54) is 41.5 Å². The van der Waals surface area contributed by atoms with Crippen molar-refractivity contribution in [3.8, 4) is 6.07 Å². The van der Waals surface area contributed by atoms with Crippen LogP contribution in [0.1, 0.15) is 83.1 Å². The number of nitrogens with two attached hydrogens (primary N) is 1. The van der Waals surface area contributed by atoms with Gasteiger partial charge in [0.1, 0.15) is 23.0 Å². The van der Waals surface area contributed by atoms with Gasteiger partial charge in [0.25, 0.3) is 5.91 Å². The molecule has 39 heavy (non-hydrogen) atoms. The van der Waals surface area contributed by atoms with E-state index in [9.17, 15) is 14.4 Å². The maximum atomic E-state index is 11.7. The molecule has 0 aromatic carbocycles. The van der Waals surface area contributed by atoms with Gasteiger partial charge in [0.05, 0.1) is 0 Å². The number of ether oxygens (including phenoxy) is 2. The Bertz CT molecular complexity index is 969. The van der Waals surface area contributed by atoms with Crippen LogP contribution in [0.15, 0.2) is 10.3 Å². The van der Waals surface area contributed by atoms with Crippen molar-refractivity contribution in [2.45, 2.75) is 105 Å². The van der Waals surface area contributed by atoms with Gasteiger partial charge in [-0.15, -0.1) is 0 Å². The van der Waals surface area contributed by atoms with Crippen molar-refractivity contribution in [2.75, 3.05) is 0 Å². The lowest BCUT2D eigenvalue weighted by molar-refractivity contribution is -0.193. The average molecular weight is 559 g/mol. The summed E-state index contributed by atoms with van der Waals surface area (Å²) in [5.41, 5.74) is 1.45. The van der Waals surface area contributed by atoms with Gasteiger partial charge >= 0.3 is 24.2 Å². The van der Waals surface area contributed by atoms with Crippen LogP contribution in [0.2, 0.25) is 0 Å². The van der Waals surface area contributed by atoms with Gasteiger partial charge in [-0.05, 0) is 83.1 Å². The van der Waals surface area contributed by atoms with E-state index in [1.54, 1.807) is 47.6 Å². The molecule has 0 aliphatic carbocycles. The van der Waals surface area contributed by atoms with Crippen molar-refractivity contribution in [3.05, 3.63) is 0 Å². The summed E-state index contributed by atoms with van der Waals surface area (Å²) in [6.07, 6.45) is 0.500. The van der Waals surface area contributed by atoms with Gasteiger partial charge in [-0.1, -0.05) is 10.3 Å². The maximum Gasteiger partial charge on any atom is 0.373 e. The monoisotopic (exact) mass is 558 g/mol. The highest BCUT2D eigenvalue weighted by molar-refractivity contribution is 6.37. The number of carbonyl (C=O) groups excluding carboxylic acids is 7. The first-order valence-electron chi connectivity index (χ1n) is 11.0. The Morgan fingerprint density at radius 2 is 0.949 bits per heavy atom. The Morgan fingerprint density at radius 3 is 1.18 bits per heavy atom. The molecule has 220 valence electrons. The minimum absolute atomic E-state index is 0.0124. The van der Waals surface area contributed by atoms with Crippen LogP contribution >= 0.6 is 0 Å². The first-order chi connectivity index (χ1) is 17.4. The molecule has 1 amide bonds. The van der Waals surface area contributed by atoms with E-state index >= 15 is 0 Å². The van der Waals surface area contributed by atoms with Crippen molar-refractivity contribution in [2.24, 2.45) is 16.0 Å². The predicted molar refractivity (Wildman–Crippen MR) is 133 cm³/mol. The van der Waals surface area contributed by atoms with Crippen LogP contribution in [0.25, 0.3) is 0 Å². The molecule has 0 aliphatic rings. The molecular formula is C24H38N4O11. The Hall–Kier alpha value is -4.40. The lowest BCUT2D eigenvalue weighted by Gasteiger charge is -2.26. The Kier molecular flexibility index (Phi) is 20.1. The Labute approximate surface area is 227 Å². The van der Waals surface area contributed by atoms with E-state index in [0.717, 1.165) is 0 Å². The van der Waals surface area contributed by atoms with Crippen LogP contribution in [0, 0.1) is 11.3 Å². The summed E-state index contributed by atoms with van der Waals surface area (Å²) in [4.78, 5) is 76.6. The van der Waals surface area contributed by atoms with Crippen molar-refractivity contribution >= 4 is 41.6 Å². The van der Waals surface area contributed by atoms with Crippen LogP contribution in [0.5, 0.6) is 0 Å². The molecule has 15 heteroatoms. The summed E-state index contributed by atoms with van der Waals surface area (Å²) in [5, 5.41) is 15.5. The zero-order valence-electron chi connectivity index (χ0n) is 24.4. The fraction of sp³-hybridized carbons (Fsp3) is 0.667. The number of amides is 1. The molecule has 15 nitrogen and oxygen atoms in total. The molecule has 0 spiro atoms. The van der Waals surface area contributed by atoms with E-state index in [0.29, 0.717) is 0 Å². The first-order valence-corrected chi connectivity index (χ1v) is 11.0. The second-order valence-electron chi connectivity index (χ2n) is 10.2. The fourth-order valence-electron chi connectivity index (χ4n) is 1.31. The minimum atomic E-state index is -1.27. The molecule has 0 saturated heterocycles. The van der Waals surface area contributed by atoms with E-state index in [2.05, 4.69) is 10.3 Å². The third-order valence-corrected chi connectivity index (χ3v) is 3.12. The number of carbonyl (C=O) groups is 3. The topological polar surface area (TPSA) is 231 Å². The number of nitriles is 1. The minimum Gasteiger partial charge on any atom is -0.457 e. The van der Waals surface area contributed by atoms with E-state index in [4.69, 9.17) is 49.3 Å². The van der Waals surface area contributed by atoms with Gasteiger partial charge in [0.15, 0.2) is 5.71 Å². The van der Waals surface area contributed by atoms with Crippen LogP contribution in [-0.4, -0.2) is 64.0 Å². The average Bonchev–Trinajstić information content (AvgIpc) is 2.75. The number of rotatable bonds is 7. The van der Waals surface area contributed by atoms with Crippen molar-refractivity contribution in [3.63, 3.8) is 0 Å². The van der Waals surface area contributed by atoms with E-state index < -0.39 is 40.2 Å². The van der Waals surface area contributed by atoms with Crippen molar-refractivity contribution in [1.29, 1.82) is 5.26 Å². The van der Waals surface area contributed by atoms with E-state index in [1.807, 2.05) is 0 Å². The third-order valence-electron chi connectivity index (χ3n) is 3.12. The molecule has 0 bridgehead atoms. The highest BCUT2D eigenvalue weighted by Gasteiger charge is 2.36. The summed E-state index contributed by atoms with van der Waals surface area (Å²) >= 11 is 0. The first kappa shape index (κ1) is 41.7. The van der Waals surface area contributed by atoms with Gasteiger partial charge in [-0.2, -0.15) is 24.4 Å². The number of primary amides is 1. The van der Waals surface area contributed by atoms with Gasteiger partial charge in [0.2, 0.25) is 11.2 Å². The molecule has 0 atom stereocenters. The Balaban J connectivity index is -0.000000261. The molecule has 0 heterocycles. The summed E-state index contributed by atoms with van der Waals surface area (Å²) in [6.45, 7) is 19.5. The Morgan fingerprint density at radius 1 is 0.667 bits per heavy atom. The highest BCUT2D eigenvalue weighted by Crippen LogP contribution is 2.18. The standard InChI is InChI=1S/C11H20N2O4.C11H18N2O3.2CO2/c1-7(8(12)14)13-17-11(5,6)9(15)16-10(2,3)4;1-8(7-12)13-16-11(5,6)9(14)15-10(2,3)4;2*2-1-3/h1-6H3,(H2,12,14);1-6H3;;/b13-7+;13-8+;;. The number of hydrogen-bond acceptors (Lipinski definition) is 14. The highest BCUT2D eigenvalue weighted by atomic mass is 16.7. The summed E-state index contributed by atoms with van der Waals surface area (Å²) in [5.74, 6) is -1.79. The van der Waals surface area contributed by atoms with Crippen molar-refractivity contribution < 1.29 is 52.7 Å². The summed E-state index contributed by atoms with van der Waals surface area (Å²) in [7, 11) is 0. The second-order valence-corrected chi connectivity index (χ2v) is 10.2. The molecule has 0 aromatic heterocycles. The van der Waals surface area contributed by atoms with Gasteiger partial charge in [0, 0.05) is 0 Å². The lowest BCUT2D eigenvalue weighted by atomic mass is 10.1. The normalized spacial score (nSPS) is 11.5. The van der Waals surface area contributed by atoms with Crippen LogP contribution in [0.4, 0.5) is 0 Å². The smallest absolute Gasteiger partial charge is 0.373 e. The molecule has 0 saturated carbocycles. The molecule has 0 rings (SSSR count). The van der Waals surface area contributed by atoms with E-state index in [-0.39, 0.29) is 23.7 Å². The van der Waals surface area contributed by atoms with Crippen LogP contribution in [0.3, 0.4) is 0 Å². The SMILES string of the molecule is C/C(=N\OC(C)(C)C(=O)OC(C)(C)C)C(N)=O.C/C(C#N)=N\OC(C)(C)C(=O)OC(C)(C)C.O=C=O.O=C=O. The lowest BCUT2D eigenvalue weighted by Crippen LogP contribution is -2.40. The number of nitrogens with zero attached hydrogens (tertiary/aromatic N) is 3. The number of hydrogen-bond donors (Lipinski definition) is 1. The molecule has 0 unspecified atom stereocenters. The largest absolute Gasteiger partial charge is 0.457 e. The summed E-state index contributed by atoms with van der Waals surface area (Å²) < 4.78 is 10.3. The maximum absolute atomic E-state index is 11.7. The zero-order chi connectivity index (χ0) is 32.3. The third kappa shape index (κ3) is 26.5. The molecule has 0 aromatic rings. The van der Waals surface area contributed by atoms with Gasteiger partial charge in [-0.3, -0.25) is 4.79 Å². The zero-order valence-corrected chi connectivity index (χ0v) is 24.4. The molecule has 2 N–H and O–H groups in total. The quantitative estimate of drug-likeness (QED) is 0.268. The molecule has 0 fully saturated rings. The predicted octanol–water partition coefficient (Wildman–Crippen LogP) is 1.84. The number of oxime groups is 2.